The lowest BCUT2D eigenvalue weighted by molar-refractivity contribution is 0.0951. The van der Waals surface area contributed by atoms with E-state index in [0.29, 0.717) is 38.5 Å². The van der Waals surface area contributed by atoms with Gasteiger partial charge in [-0.25, -0.2) is 4.98 Å². The summed E-state index contributed by atoms with van der Waals surface area (Å²) in [7, 11) is 0. The molecule has 0 unspecified atom stereocenters. The summed E-state index contributed by atoms with van der Waals surface area (Å²) in [5.74, 6) is 0.511. The summed E-state index contributed by atoms with van der Waals surface area (Å²) in [4.78, 5) is 17.4. The van der Waals surface area contributed by atoms with E-state index in [-0.39, 0.29) is 10.9 Å². The fourth-order valence-corrected chi connectivity index (χ4v) is 4.85. The number of carbonyl (C=O) groups excluding carboxylic acids is 1. The lowest BCUT2D eigenvalue weighted by atomic mass is 10.1. The number of fused-ring (bicyclic) bond motifs is 3. The predicted molar refractivity (Wildman–Crippen MR) is 155 cm³/mol. The minimum atomic E-state index is -0.499. The molecular formula is C29H17Cl2N3O3S. The number of benzene rings is 4. The van der Waals surface area contributed by atoms with E-state index in [4.69, 9.17) is 49.2 Å². The molecule has 6 nitrogen and oxygen atoms in total. The van der Waals surface area contributed by atoms with E-state index in [2.05, 4.69) is 10.6 Å². The van der Waals surface area contributed by atoms with Crippen molar-refractivity contribution in [2.24, 2.45) is 0 Å². The van der Waals surface area contributed by atoms with Crippen LogP contribution in [-0.2, 0) is 0 Å². The van der Waals surface area contributed by atoms with E-state index < -0.39 is 5.91 Å². The van der Waals surface area contributed by atoms with Crippen molar-refractivity contribution >= 4 is 74.0 Å². The molecule has 0 aliphatic carbocycles. The third-order valence-corrected chi connectivity index (χ3v) is 6.66. The molecule has 0 saturated carbocycles. The van der Waals surface area contributed by atoms with Crippen LogP contribution >= 0.6 is 35.4 Å². The normalized spacial score (nSPS) is 11.1. The largest absolute Gasteiger partial charge is 0.451 e. The van der Waals surface area contributed by atoms with E-state index in [0.717, 1.165) is 21.9 Å². The monoisotopic (exact) mass is 557 g/mol. The van der Waals surface area contributed by atoms with Gasteiger partial charge >= 0.3 is 0 Å². The van der Waals surface area contributed by atoms with Gasteiger partial charge in [0.1, 0.15) is 11.3 Å². The molecule has 4 aromatic carbocycles. The summed E-state index contributed by atoms with van der Waals surface area (Å²) in [6, 6.07) is 27.6. The number of amides is 1. The molecule has 9 heteroatoms. The van der Waals surface area contributed by atoms with Crippen LogP contribution in [0.4, 0.5) is 5.69 Å². The van der Waals surface area contributed by atoms with Gasteiger partial charge in [-0.1, -0.05) is 59.6 Å². The molecule has 2 heterocycles. The summed E-state index contributed by atoms with van der Waals surface area (Å²) in [6.07, 6.45) is 0. The molecule has 0 fully saturated rings. The lowest BCUT2D eigenvalue weighted by Gasteiger charge is -2.09. The van der Waals surface area contributed by atoms with Gasteiger partial charge in [-0.15, -0.1) is 0 Å². The Kier molecular flexibility index (Phi) is 6.33. The zero-order chi connectivity index (χ0) is 26.2. The maximum absolute atomic E-state index is 12.7. The zero-order valence-electron chi connectivity index (χ0n) is 19.5. The molecule has 0 saturated heterocycles. The van der Waals surface area contributed by atoms with E-state index >= 15 is 0 Å². The van der Waals surface area contributed by atoms with Crippen LogP contribution in [0.1, 0.15) is 10.6 Å². The highest BCUT2D eigenvalue weighted by molar-refractivity contribution is 7.80. The molecule has 0 radical (unpaired) electrons. The highest BCUT2D eigenvalue weighted by atomic mass is 35.5. The maximum atomic E-state index is 12.7. The molecule has 0 aliphatic rings. The predicted octanol–water partition coefficient (Wildman–Crippen LogP) is 8.34. The molecule has 38 heavy (non-hydrogen) atoms. The van der Waals surface area contributed by atoms with Crippen molar-refractivity contribution < 1.29 is 13.6 Å². The van der Waals surface area contributed by atoms with E-state index in [1.54, 1.807) is 30.3 Å². The molecule has 1 amide bonds. The van der Waals surface area contributed by atoms with Gasteiger partial charge in [0.15, 0.2) is 16.5 Å². The summed E-state index contributed by atoms with van der Waals surface area (Å²) >= 11 is 17.6. The van der Waals surface area contributed by atoms with Gasteiger partial charge in [0.25, 0.3) is 5.91 Å². The molecule has 6 aromatic rings. The zero-order valence-corrected chi connectivity index (χ0v) is 21.8. The Morgan fingerprint density at radius 3 is 2.61 bits per heavy atom. The Labute approximate surface area is 232 Å². The van der Waals surface area contributed by atoms with E-state index in [1.165, 1.54) is 0 Å². The first-order chi connectivity index (χ1) is 18.4. The van der Waals surface area contributed by atoms with Crippen LogP contribution in [-0.4, -0.2) is 16.0 Å². The number of anilines is 1. The van der Waals surface area contributed by atoms with Crippen LogP contribution in [0, 0.1) is 0 Å². The van der Waals surface area contributed by atoms with Gasteiger partial charge in [-0.2, -0.15) is 0 Å². The van der Waals surface area contributed by atoms with Gasteiger partial charge in [0, 0.05) is 27.2 Å². The Hall–Kier alpha value is -4.17. The van der Waals surface area contributed by atoms with Crippen LogP contribution in [0.15, 0.2) is 99.8 Å². The van der Waals surface area contributed by atoms with E-state index in [1.807, 2.05) is 60.7 Å². The fraction of sp³-hybridized carbons (Fsp3) is 0. The average Bonchev–Trinajstić information content (AvgIpc) is 3.57. The summed E-state index contributed by atoms with van der Waals surface area (Å²) in [5.41, 5.74) is 3.56. The number of carbonyl (C=O) groups is 1. The quantitative estimate of drug-likeness (QED) is 0.212. The molecule has 2 aromatic heterocycles. The first-order valence-electron chi connectivity index (χ1n) is 11.5. The van der Waals surface area contributed by atoms with E-state index in [9.17, 15) is 4.79 Å². The van der Waals surface area contributed by atoms with Crippen LogP contribution < -0.4 is 10.6 Å². The minimum Gasteiger partial charge on any atom is -0.451 e. The van der Waals surface area contributed by atoms with Crippen LogP contribution in [0.2, 0.25) is 10.0 Å². The molecule has 0 bridgehead atoms. The Bertz CT molecular complexity index is 1860. The van der Waals surface area contributed by atoms with Crippen molar-refractivity contribution in [3.8, 4) is 22.8 Å². The second-order valence-electron chi connectivity index (χ2n) is 8.43. The van der Waals surface area contributed by atoms with Gasteiger partial charge in [0.2, 0.25) is 5.89 Å². The molecular weight excluding hydrogens is 541 g/mol. The maximum Gasteiger partial charge on any atom is 0.293 e. The topological polar surface area (TPSA) is 80.3 Å². The van der Waals surface area contributed by atoms with Gasteiger partial charge in [-0.05, 0) is 72.2 Å². The number of thiocarbonyl (C=S) groups is 1. The second-order valence-corrected chi connectivity index (χ2v) is 9.68. The number of oxazole rings is 1. The molecule has 0 spiro atoms. The average molecular weight is 558 g/mol. The molecule has 2 N–H and O–H groups in total. The first kappa shape index (κ1) is 24.2. The van der Waals surface area contributed by atoms with Crippen molar-refractivity contribution in [1.29, 1.82) is 0 Å². The van der Waals surface area contributed by atoms with Crippen molar-refractivity contribution in [2.75, 3.05) is 5.32 Å². The second kappa shape index (κ2) is 9.95. The Morgan fingerprint density at radius 1 is 0.868 bits per heavy atom. The number of aromatic nitrogens is 1. The van der Waals surface area contributed by atoms with Crippen LogP contribution in [0.3, 0.4) is 0 Å². The number of nitrogens with zero attached hydrogens (tertiary/aromatic N) is 1. The summed E-state index contributed by atoms with van der Waals surface area (Å²) in [5, 5.41) is 8.81. The molecule has 0 aliphatic heterocycles. The Morgan fingerprint density at radius 2 is 1.74 bits per heavy atom. The molecule has 186 valence electrons. The van der Waals surface area contributed by atoms with Crippen LogP contribution in [0.25, 0.3) is 44.7 Å². The number of nitrogens with one attached hydrogen (secondary N) is 2. The summed E-state index contributed by atoms with van der Waals surface area (Å²) < 4.78 is 11.7. The third kappa shape index (κ3) is 4.75. The SMILES string of the molecule is O=C(NC(=S)Nc1cccc(-c2nc3c(ccc4ccccc43)o2)c1)c1ccc(-c2ccc(Cl)cc2Cl)o1. The smallest absolute Gasteiger partial charge is 0.293 e. The van der Waals surface area contributed by atoms with Crippen molar-refractivity contribution in [2.45, 2.75) is 0 Å². The number of halogens is 2. The van der Waals surface area contributed by atoms with Gasteiger partial charge < -0.3 is 14.2 Å². The first-order valence-corrected chi connectivity index (χ1v) is 12.7. The van der Waals surface area contributed by atoms with Gasteiger partial charge in [0.05, 0.1) is 5.02 Å². The highest BCUT2D eigenvalue weighted by Gasteiger charge is 2.16. The third-order valence-electron chi connectivity index (χ3n) is 5.90. The fourth-order valence-electron chi connectivity index (χ4n) is 4.14. The standard InChI is InChI=1S/C29H17Cl2N3O3S/c30-18-9-10-21(22(31)15-18)23-12-13-25(36-23)27(35)34-29(38)32-19-6-3-5-17(14-19)28-33-26-20-7-2-1-4-16(20)8-11-24(26)37-28/h1-15H,(H2,32,34,35,38). The Balaban J connectivity index is 1.17. The van der Waals surface area contributed by atoms with Crippen molar-refractivity contribution in [1.82, 2.24) is 10.3 Å². The molecule has 0 atom stereocenters. The van der Waals surface area contributed by atoms with Crippen molar-refractivity contribution in [3.05, 3.63) is 107 Å². The number of rotatable bonds is 4. The number of furan rings is 1. The lowest BCUT2D eigenvalue weighted by Crippen LogP contribution is -2.33. The van der Waals surface area contributed by atoms with Crippen LogP contribution in [0.5, 0.6) is 0 Å². The minimum absolute atomic E-state index is 0.0858. The summed E-state index contributed by atoms with van der Waals surface area (Å²) in [6.45, 7) is 0. The highest BCUT2D eigenvalue weighted by Crippen LogP contribution is 2.32. The number of hydrogen-bond donors (Lipinski definition) is 2. The molecule has 6 rings (SSSR count). The number of hydrogen-bond acceptors (Lipinski definition) is 5. The van der Waals surface area contributed by atoms with Gasteiger partial charge in [-0.3, -0.25) is 10.1 Å². The van der Waals surface area contributed by atoms with Crippen molar-refractivity contribution in [3.63, 3.8) is 0 Å².